The first-order valence-electron chi connectivity index (χ1n) is 9.30. The molecule has 0 atom stereocenters. The number of rotatable bonds is 6. The van der Waals surface area contributed by atoms with Gasteiger partial charge >= 0.3 is 0 Å². The predicted molar refractivity (Wildman–Crippen MR) is 113 cm³/mol. The van der Waals surface area contributed by atoms with E-state index in [1.54, 1.807) is 12.1 Å². The lowest BCUT2D eigenvalue weighted by atomic mass is 10.1. The Morgan fingerprint density at radius 2 is 1.74 bits per heavy atom. The Morgan fingerprint density at radius 1 is 1.00 bits per heavy atom. The molecule has 0 bridgehead atoms. The van der Waals surface area contributed by atoms with Crippen molar-refractivity contribution < 1.29 is 4.79 Å². The highest BCUT2D eigenvalue weighted by molar-refractivity contribution is 6.35. The number of amides is 1. The fourth-order valence-corrected chi connectivity index (χ4v) is 3.75. The second-order valence-corrected chi connectivity index (χ2v) is 7.59. The molecule has 142 valence electrons. The second kappa shape index (κ2) is 9.93. The van der Waals surface area contributed by atoms with E-state index in [4.69, 9.17) is 23.2 Å². The number of nitrogens with zero attached hydrogens (tertiary/aromatic N) is 2. The van der Waals surface area contributed by atoms with Crippen LogP contribution in [0.1, 0.15) is 17.5 Å². The first kappa shape index (κ1) is 19.9. The number of hydrogen-bond acceptors (Lipinski definition) is 2. The number of benzene rings is 2. The first-order chi connectivity index (χ1) is 13.1. The van der Waals surface area contributed by atoms with E-state index in [0.717, 1.165) is 61.7 Å². The molecule has 3 nitrogen and oxygen atoms in total. The Morgan fingerprint density at radius 3 is 2.44 bits per heavy atom. The zero-order valence-electron chi connectivity index (χ0n) is 15.3. The fourth-order valence-electron chi connectivity index (χ4n) is 3.25. The minimum Gasteiger partial charge on any atom is -0.337 e. The maximum atomic E-state index is 12.3. The van der Waals surface area contributed by atoms with Crippen LogP contribution in [0.15, 0.2) is 54.6 Å². The highest BCUT2D eigenvalue weighted by Crippen LogP contribution is 2.22. The van der Waals surface area contributed by atoms with Crippen LogP contribution in [0.4, 0.5) is 0 Å². The Balaban J connectivity index is 1.39. The molecule has 27 heavy (non-hydrogen) atoms. The molecule has 1 heterocycles. The summed E-state index contributed by atoms with van der Waals surface area (Å²) in [6.07, 6.45) is 5.54. The maximum absolute atomic E-state index is 12.3. The molecule has 2 aromatic rings. The van der Waals surface area contributed by atoms with E-state index in [1.807, 2.05) is 53.4 Å². The van der Waals surface area contributed by atoms with Crippen molar-refractivity contribution in [2.24, 2.45) is 0 Å². The van der Waals surface area contributed by atoms with Crippen molar-refractivity contribution in [2.75, 3.05) is 32.7 Å². The lowest BCUT2D eigenvalue weighted by Gasteiger charge is -2.34. The summed E-state index contributed by atoms with van der Waals surface area (Å²) >= 11 is 12.2. The summed E-state index contributed by atoms with van der Waals surface area (Å²) in [6, 6.07) is 15.6. The molecule has 0 aromatic heterocycles. The molecule has 1 saturated heterocycles. The average Bonchev–Trinajstić information content (AvgIpc) is 2.69. The quantitative estimate of drug-likeness (QED) is 0.648. The number of hydrogen-bond donors (Lipinski definition) is 0. The molecule has 0 spiro atoms. The van der Waals surface area contributed by atoms with Crippen molar-refractivity contribution >= 4 is 35.2 Å². The van der Waals surface area contributed by atoms with Crippen molar-refractivity contribution in [3.05, 3.63) is 75.8 Å². The number of aryl methyl sites for hydroxylation is 1. The summed E-state index contributed by atoms with van der Waals surface area (Å²) in [5.41, 5.74) is 2.19. The molecule has 5 heteroatoms. The van der Waals surface area contributed by atoms with Gasteiger partial charge in [-0.25, -0.2) is 0 Å². The van der Waals surface area contributed by atoms with Gasteiger partial charge in [-0.3, -0.25) is 9.69 Å². The van der Waals surface area contributed by atoms with E-state index in [9.17, 15) is 4.79 Å². The van der Waals surface area contributed by atoms with Crippen LogP contribution < -0.4 is 0 Å². The monoisotopic (exact) mass is 402 g/mol. The van der Waals surface area contributed by atoms with Gasteiger partial charge < -0.3 is 4.90 Å². The molecule has 0 unspecified atom stereocenters. The lowest BCUT2D eigenvalue weighted by molar-refractivity contribution is -0.127. The van der Waals surface area contributed by atoms with Crippen molar-refractivity contribution in [3.63, 3.8) is 0 Å². The topological polar surface area (TPSA) is 23.6 Å². The predicted octanol–water partition coefficient (Wildman–Crippen LogP) is 4.78. The standard InChI is InChI=1S/C22H24Cl2N2O/c23-20-10-9-19(21(24)17-20)7-4-12-25-13-15-26(16-14-25)22(27)11-8-18-5-2-1-3-6-18/h1-3,5-6,8-11,17H,4,7,12-16H2/b11-8+. The van der Waals surface area contributed by atoms with Gasteiger partial charge in [0.15, 0.2) is 0 Å². The van der Waals surface area contributed by atoms with E-state index >= 15 is 0 Å². The first-order valence-corrected chi connectivity index (χ1v) is 10.1. The molecule has 0 N–H and O–H groups in total. The van der Waals surface area contributed by atoms with E-state index in [-0.39, 0.29) is 5.91 Å². The summed E-state index contributed by atoms with van der Waals surface area (Å²) in [5, 5.41) is 1.41. The van der Waals surface area contributed by atoms with Crippen LogP contribution in [0.2, 0.25) is 10.0 Å². The van der Waals surface area contributed by atoms with Gasteiger partial charge in [-0.05, 0) is 48.7 Å². The summed E-state index contributed by atoms with van der Waals surface area (Å²) in [4.78, 5) is 16.7. The molecular formula is C22H24Cl2N2O. The Bertz CT molecular complexity index is 784. The maximum Gasteiger partial charge on any atom is 0.246 e. The second-order valence-electron chi connectivity index (χ2n) is 6.75. The van der Waals surface area contributed by atoms with E-state index < -0.39 is 0 Å². The molecule has 3 rings (SSSR count). The van der Waals surface area contributed by atoms with Gasteiger partial charge in [-0.2, -0.15) is 0 Å². The molecule has 1 amide bonds. The van der Waals surface area contributed by atoms with Crippen molar-refractivity contribution in [1.29, 1.82) is 0 Å². The van der Waals surface area contributed by atoms with Crippen LogP contribution in [0.3, 0.4) is 0 Å². The molecule has 1 aliphatic heterocycles. The highest BCUT2D eigenvalue weighted by Gasteiger charge is 2.19. The molecular weight excluding hydrogens is 379 g/mol. The molecule has 0 saturated carbocycles. The normalized spacial score (nSPS) is 15.4. The minimum atomic E-state index is 0.0893. The van der Waals surface area contributed by atoms with Crippen molar-refractivity contribution in [2.45, 2.75) is 12.8 Å². The van der Waals surface area contributed by atoms with Crippen LogP contribution in [-0.4, -0.2) is 48.4 Å². The van der Waals surface area contributed by atoms with Crippen LogP contribution in [0.5, 0.6) is 0 Å². The van der Waals surface area contributed by atoms with Crippen LogP contribution in [0, 0.1) is 0 Å². The Labute approximate surface area is 171 Å². The third-order valence-electron chi connectivity index (χ3n) is 4.84. The van der Waals surface area contributed by atoms with E-state index in [2.05, 4.69) is 4.90 Å². The number of carbonyl (C=O) groups is 1. The van der Waals surface area contributed by atoms with E-state index in [0.29, 0.717) is 5.02 Å². The summed E-state index contributed by atoms with van der Waals surface area (Å²) in [6.45, 7) is 4.40. The van der Waals surface area contributed by atoms with Gasteiger partial charge in [0.25, 0.3) is 0 Å². The highest BCUT2D eigenvalue weighted by atomic mass is 35.5. The Kier molecular flexibility index (Phi) is 7.33. The van der Waals surface area contributed by atoms with Crippen LogP contribution in [-0.2, 0) is 11.2 Å². The van der Waals surface area contributed by atoms with Crippen molar-refractivity contribution in [3.8, 4) is 0 Å². The third kappa shape index (κ3) is 6.10. The fraction of sp³-hybridized carbons (Fsp3) is 0.318. The van der Waals surface area contributed by atoms with Gasteiger partial charge in [0.1, 0.15) is 0 Å². The number of piperazine rings is 1. The largest absolute Gasteiger partial charge is 0.337 e. The molecule has 1 fully saturated rings. The average molecular weight is 403 g/mol. The minimum absolute atomic E-state index is 0.0893. The van der Waals surface area contributed by atoms with E-state index in [1.165, 1.54) is 0 Å². The SMILES string of the molecule is O=C(/C=C/c1ccccc1)N1CCN(CCCc2ccc(Cl)cc2Cl)CC1. The van der Waals surface area contributed by atoms with Crippen LogP contribution >= 0.6 is 23.2 Å². The molecule has 2 aromatic carbocycles. The number of carbonyl (C=O) groups excluding carboxylic acids is 1. The molecule has 0 aliphatic carbocycles. The zero-order valence-corrected chi connectivity index (χ0v) is 16.8. The summed E-state index contributed by atoms with van der Waals surface area (Å²) in [7, 11) is 0. The van der Waals surface area contributed by atoms with Gasteiger partial charge in [-0.1, -0.05) is 59.6 Å². The Hall–Kier alpha value is -1.81. The van der Waals surface area contributed by atoms with Gasteiger partial charge in [0.2, 0.25) is 5.91 Å². The zero-order chi connectivity index (χ0) is 19.1. The van der Waals surface area contributed by atoms with Crippen molar-refractivity contribution in [1.82, 2.24) is 9.80 Å². The number of halogens is 2. The van der Waals surface area contributed by atoms with Gasteiger partial charge in [0.05, 0.1) is 0 Å². The lowest BCUT2D eigenvalue weighted by Crippen LogP contribution is -2.48. The summed E-state index contributed by atoms with van der Waals surface area (Å²) in [5.74, 6) is 0.0893. The molecule has 0 radical (unpaired) electrons. The van der Waals surface area contributed by atoms with Gasteiger partial charge in [-0.15, -0.1) is 0 Å². The molecule has 1 aliphatic rings. The summed E-state index contributed by atoms with van der Waals surface area (Å²) < 4.78 is 0. The van der Waals surface area contributed by atoms with Crippen LogP contribution in [0.25, 0.3) is 6.08 Å². The van der Waals surface area contributed by atoms with Gasteiger partial charge in [0, 0.05) is 42.3 Å². The third-order valence-corrected chi connectivity index (χ3v) is 5.42. The smallest absolute Gasteiger partial charge is 0.246 e.